The molecule has 2 amide bonds. The molecule has 0 radical (unpaired) electrons. The number of amides is 2. The van der Waals surface area contributed by atoms with Crippen LogP contribution in [0, 0.1) is 5.41 Å². The van der Waals surface area contributed by atoms with Crippen LogP contribution in [0.4, 0.5) is 4.79 Å². The number of rotatable bonds is 3. The molecule has 1 aliphatic heterocycles. The molecule has 8 heteroatoms. The highest BCUT2D eigenvalue weighted by Crippen LogP contribution is 2.13. The molecule has 0 aromatic carbocycles. The Kier molecular flexibility index (Phi) is 4.20. The number of sulfone groups is 1. The zero-order valence-corrected chi connectivity index (χ0v) is 11.3. The predicted octanol–water partition coefficient (Wildman–Crippen LogP) is -0.463. The maximum atomic E-state index is 11.7. The molecular weight excluding hydrogens is 260 g/mol. The van der Waals surface area contributed by atoms with E-state index < -0.39 is 27.3 Å². The van der Waals surface area contributed by atoms with Gasteiger partial charge < -0.3 is 15.3 Å². The van der Waals surface area contributed by atoms with Gasteiger partial charge in [-0.2, -0.15) is 0 Å². The van der Waals surface area contributed by atoms with Crippen molar-refractivity contribution in [1.29, 1.82) is 0 Å². The topological polar surface area (TPSA) is 104 Å². The van der Waals surface area contributed by atoms with Crippen LogP contribution in [0.1, 0.15) is 13.8 Å². The third kappa shape index (κ3) is 3.86. The number of carboxylic acid groups (broad SMARTS) is 1. The molecule has 1 fully saturated rings. The number of urea groups is 1. The van der Waals surface area contributed by atoms with Crippen LogP contribution in [0.15, 0.2) is 0 Å². The van der Waals surface area contributed by atoms with Crippen molar-refractivity contribution < 1.29 is 23.1 Å². The molecule has 0 aromatic heterocycles. The molecule has 0 aromatic rings. The lowest BCUT2D eigenvalue weighted by Gasteiger charge is -2.28. The van der Waals surface area contributed by atoms with Crippen molar-refractivity contribution in [2.75, 3.05) is 31.1 Å². The predicted molar refractivity (Wildman–Crippen MR) is 65.0 cm³/mol. The summed E-state index contributed by atoms with van der Waals surface area (Å²) in [6.07, 6.45) is 0. The lowest BCUT2D eigenvalue weighted by atomic mass is 9.94. The first-order chi connectivity index (χ1) is 8.14. The second-order valence-electron chi connectivity index (χ2n) is 4.99. The van der Waals surface area contributed by atoms with Crippen LogP contribution < -0.4 is 5.32 Å². The number of aliphatic carboxylic acids is 1. The van der Waals surface area contributed by atoms with Gasteiger partial charge in [-0.3, -0.25) is 4.79 Å². The van der Waals surface area contributed by atoms with Crippen molar-refractivity contribution in [1.82, 2.24) is 10.2 Å². The van der Waals surface area contributed by atoms with Crippen LogP contribution >= 0.6 is 0 Å². The molecule has 18 heavy (non-hydrogen) atoms. The molecule has 1 rings (SSSR count). The highest BCUT2D eigenvalue weighted by atomic mass is 32.2. The highest BCUT2D eigenvalue weighted by molar-refractivity contribution is 7.91. The van der Waals surface area contributed by atoms with Gasteiger partial charge >= 0.3 is 12.0 Å². The molecule has 104 valence electrons. The Morgan fingerprint density at radius 1 is 1.28 bits per heavy atom. The van der Waals surface area contributed by atoms with Crippen molar-refractivity contribution in [2.24, 2.45) is 5.41 Å². The smallest absolute Gasteiger partial charge is 0.317 e. The number of carbonyl (C=O) groups is 2. The van der Waals surface area contributed by atoms with E-state index in [0.717, 1.165) is 0 Å². The zero-order chi connectivity index (χ0) is 14.0. The van der Waals surface area contributed by atoms with Crippen molar-refractivity contribution in [3.63, 3.8) is 0 Å². The Labute approximate surface area is 106 Å². The molecule has 0 unspecified atom stereocenters. The lowest BCUT2D eigenvalue weighted by Crippen LogP contribution is -2.50. The van der Waals surface area contributed by atoms with Crippen LogP contribution in [-0.2, 0) is 14.6 Å². The molecule has 1 heterocycles. The van der Waals surface area contributed by atoms with Crippen LogP contribution in [0.3, 0.4) is 0 Å². The molecule has 2 N–H and O–H groups in total. The summed E-state index contributed by atoms with van der Waals surface area (Å²) < 4.78 is 22.4. The van der Waals surface area contributed by atoms with Crippen molar-refractivity contribution >= 4 is 21.8 Å². The van der Waals surface area contributed by atoms with Gasteiger partial charge in [-0.25, -0.2) is 13.2 Å². The maximum absolute atomic E-state index is 11.7. The summed E-state index contributed by atoms with van der Waals surface area (Å²) in [7, 11) is -3.02. The lowest BCUT2D eigenvalue weighted by molar-refractivity contribution is -0.146. The second-order valence-corrected chi connectivity index (χ2v) is 7.29. The van der Waals surface area contributed by atoms with E-state index in [-0.39, 0.29) is 31.1 Å². The van der Waals surface area contributed by atoms with E-state index in [2.05, 4.69) is 5.32 Å². The molecule has 0 atom stereocenters. The number of carboxylic acids is 1. The van der Waals surface area contributed by atoms with Gasteiger partial charge in [0.15, 0.2) is 9.84 Å². The first-order valence-corrected chi connectivity index (χ1v) is 7.43. The van der Waals surface area contributed by atoms with Crippen molar-refractivity contribution in [3.8, 4) is 0 Å². The summed E-state index contributed by atoms with van der Waals surface area (Å²) in [6, 6.07) is -0.417. The standard InChI is InChI=1S/C10H18N2O5S/c1-10(2,8(13)14)7-11-9(15)12-3-5-18(16,17)6-4-12/h3-7H2,1-2H3,(H,11,15)(H,13,14). The van der Waals surface area contributed by atoms with Crippen LogP contribution in [0.5, 0.6) is 0 Å². The van der Waals surface area contributed by atoms with Gasteiger partial charge in [0.1, 0.15) is 0 Å². The minimum absolute atomic E-state index is 0.00438. The number of hydrogen-bond donors (Lipinski definition) is 2. The summed E-state index contributed by atoms with van der Waals surface area (Å²) in [6.45, 7) is 3.33. The first-order valence-electron chi connectivity index (χ1n) is 5.61. The number of carbonyl (C=O) groups excluding carboxylic acids is 1. The average molecular weight is 278 g/mol. The fourth-order valence-corrected chi connectivity index (χ4v) is 2.60. The summed E-state index contributed by atoms with van der Waals surface area (Å²) in [4.78, 5) is 23.9. The third-order valence-electron chi connectivity index (χ3n) is 2.89. The zero-order valence-electron chi connectivity index (χ0n) is 10.5. The fourth-order valence-electron chi connectivity index (χ4n) is 1.40. The molecule has 0 aliphatic carbocycles. The normalized spacial score (nSPS) is 19.3. The molecule has 1 saturated heterocycles. The van der Waals surface area contributed by atoms with Gasteiger partial charge in [-0.1, -0.05) is 0 Å². The second kappa shape index (κ2) is 5.13. The monoisotopic (exact) mass is 278 g/mol. The van der Waals surface area contributed by atoms with E-state index in [0.29, 0.717) is 0 Å². The van der Waals surface area contributed by atoms with E-state index in [1.54, 1.807) is 0 Å². The minimum atomic E-state index is -3.02. The minimum Gasteiger partial charge on any atom is -0.481 e. The van der Waals surface area contributed by atoms with E-state index in [1.807, 2.05) is 0 Å². The van der Waals surface area contributed by atoms with Gasteiger partial charge in [0.25, 0.3) is 0 Å². The number of nitrogens with one attached hydrogen (secondary N) is 1. The van der Waals surface area contributed by atoms with E-state index in [1.165, 1.54) is 18.7 Å². The number of nitrogens with zero attached hydrogens (tertiary/aromatic N) is 1. The van der Waals surface area contributed by atoms with Crippen LogP contribution in [0.2, 0.25) is 0 Å². The van der Waals surface area contributed by atoms with Crippen LogP contribution in [0.25, 0.3) is 0 Å². The summed E-state index contributed by atoms with van der Waals surface area (Å²) >= 11 is 0. The summed E-state index contributed by atoms with van der Waals surface area (Å²) in [5.41, 5.74) is -1.04. The number of hydrogen-bond acceptors (Lipinski definition) is 4. The van der Waals surface area contributed by atoms with E-state index in [9.17, 15) is 18.0 Å². The Bertz CT molecular complexity index is 429. The Morgan fingerprint density at radius 2 is 1.78 bits per heavy atom. The van der Waals surface area contributed by atoms with Crippen molar-refractivity contribution in [3.05, 3.63) is 0 Å². The molecule has 0 saturated carbocycles. The first kappa shape index (κ1) is 14.7. The largest absolute Gasteiger partial charge is 0.481 e. The molecule has 0 spiro atoms. The third-order valence-corrected chi connectivity index (χ3v) is 4.50. The van der Waals surface area contributed by atoms with Crippen LogP contribution in [-0.4, -0.2) is 61.6 Å². The molecule has 1 aliphatic rings. The van der Waals surface area contributed by atoms with E-state index >= 15 is 0 Å². The van der Waals surface area contributed by atoms with Gasteiger partial charge in [0.2, 0.25) is 0 Å². The average Bonchev–Trinajstić information content (AvgIpc) is 2.25. The Balaban J connectivity index is 2.46. The summed E-state index contributed by atoms with van der Waals surface area (Å²) in [5, 5.41) is 11.4. The fraction of sp³-hybridized carbons (Fsp3) is 0.800. The Hall–Kier alpha value is -1.31. The molecular formula is C10H18N2O5S. The van der Waals surface area contributed by atoms with Gasteiger partial charge in [-0.05, 0) is 13.8 Å². The van der Waals surface area contributed by atoms with Gasteiger partial charge in [0, 0.05) is 19.6 Å². The quantitative estimate of drug-likeness (QED) is 0.727. The van der Waals surface area contributed by atoms with E-state index in [4.69, 9.17) is 5.11 Å². The maximum Gasteiger partial charge on any atom is 0.317 e. The Morgan fingerprint density at radius 3 is 2.22 bits per heavy atom. The van der Waals surface area contributed by atoms with Crippen molar-refractivity contribution in [2.45, 2.75) is 13.8 Å². The highest BCUT2D eigenvalue weighted by Gasteiger charge is 2.30. The summed E-state index contributed by atoms with van der Waals surface area (Å²) in [5.74, 6) is -1.07. The SMILES string of the molecule is CC(C)(CNC(=O)N1CCS(=O)(=O)CC1)C(=O)O. The van der Waals surface area contributed by atoms with Gasteiger partial charge in [0.05, 0.1) is 16.9 Å². The molecule has 7 nitrogen and oxygen atoms in total. The molecule has 0 bridgehead atoms. The van der Waals surface area contributed by atoms with Gasteiger partial charge in [-0.15, -0.1) is 0 Å².